The zero-order chi connectivity index (χ0) is 19.1. The molecule has 0 N–H and O–H groups in total. The van der Waals surface area contributed by atoms with E-state index in [0.29, 0.717) is 6.04 Å². The molecule has 27 heavy (non-hydrogen) atoms. The molecule has 0 saturated heterocycles. The van der Waals surface area contributed by atoms with Crippen LogP contribution in [0.4, 0.5) is 0 Å². The van der Waals surface area contributed by atoms with Crippen molar-refractivity contribution in [2.24, 2.45) is 0 Å². The summed E-state index contributed by atoms with van der Waals surface area (Å²) in [6.07, 6.45) is 18.7. The molecule has 0 spiro atoms. The predicted octanol–water partition coefficient (Wildman–Crippen LogP) is 8.53. The summed E-state index contributed by atoms with van der Waals surface area (Å²) in [6, 6.07) is 9.15. The summed E-state index contributed by atoms with van der Waals surface area (Å²) in [4.78, 5) is 0. The van der Waals surface area contributed by atoms with Gasteiger partial charge in [0.05, 0.1) is 0 Å². The van der Waals surface area contributed by atoms with Crippen LogP contribution in [-0.4, -0.2) is 4.57 Å². The van der Waals surface area contributed by atoms with Crippen LogP contribution >= 0.6 is 11.6 Å². The Bertz CT molecular complexity index is 692. The molecule has 2 aromatic rings. The standard InChI is InChI=1S/C25H36ClN/c1-3-4-5-6-7-9-12-22-19-27(24-13-10-8-11-14-24)20(2)25(22)21-15-17-23(26)18-16-21/h15-19,24H,3-14H2,1-2H3. The molecule has 148 valence electrons. The summed E-state index contributed by atoms with van der Waals surface area (Å²) in [5.41, 5.74) is 5.78. The van der Waals surface area contributed by atoms with Gasteiger partial charge in [-0.15, -0.1) is 0 Å². The normalized spacial score (nSPS) is 15.4. The SMILES string of the molecule is CCCCCCCCc1cn(C2CCCCC2)c(C)c1-c1ccc(Cl)cc1. The summed E-state index contributed by atoms with van der Waals surface area (Å²) >= 11 is 6.14. The number of rotatable bonds is 9. The van der Waals surface area contributed by atoms with Crippen LogP contribution < -0.4 is 0 Å². The Morgan fingerprint density at radius 3 is 2.30 bits per heavy atom. The molecule has 0 atom stereocenters. The first-order valence-corrected chi connectivity index (χ1v) is 11.5. The molecular formula is C25H36ClN. The van der Waals surface area contributed by atoms with E-state index in [1.807, 2.05) is 12.1 Å². The van der Waals surface area contributed by atoms with Crippen LogP contribution in [0.3, 0.4) is 0 Å². The van der Waals surface area contributed by atoms with Crippen molar-refractivity contribution >= 4 is 11.6 Å². The third kappa shape index (κ3) is 5.41. The Kier molecular flexibility index (Phi) is 7.88. The Morgan fingerprint density at radius 2 is 1.59 bits per heavy atom. The molecule has 3 rings (SSSR count). The molecule has 1 aliphatic carbocycles. The van der Waals surface area contributed by atoms with Gasteiger partial charge in [-0.25, -0.2) is 0 Å². The number of aromatic nitrogens is 1. The van der Waals surface area contributed by atoms with Crippen LogP contribution in [-0.2, 0) is 6.42 Å². The fraction of sp³-hybridized carbons (Fsp3) is 0.600. The van der Waals surface area contributed by atoms with Crippen molar-refractivity contribution in [2.75, 3.05) is 0 Å². The van der Waals surface area contributed by atoms with E-state index in [4.69, 9.17) is 11.6 Å². The number of hydrogen-bond donors (Lipinski definition) is 0. The first kappa shape index (κ1) is 20.5. The van der Waals surface area contributed by atoms with Crippen molar-refractivity contribution in [1.29, 1.82) is 0 Å². The lowest BCUT2D eigenvalue weighted by atomic mass is 9.95. The zero-order valence-corrected chi connectivity index (χ0v) is 18.0. The van der Waals surface area contributed by atoms with Crippen molar-refractivity contribution < 1.29 is 0 Å². The zero-order valence-electron chi connectivity index (χ0n) is 17.3. The highest BCUT2D eigenvalue weighted by Crippen LogP contribution is 2.37. The summed E-state index contributed by atoms with van der Waals surface area (Å²) in [5, 5.41) is 0.820. The molecule has 1 heterocycles. The van der Waals surface area contributed by atoms with Crippen LogP contribution in [0.1, 0.15) is 94.9 Å². The Hall–Kier alpha value is -1.21. The van der Waals surface area contributed by atoms with E-state index in [1.54, 1.807) is 0 Å². The van der Waals surface area contributed by atoms with Gasteiger partial charge in [-0.05, 0) is 55.9 Å². The molecule has 0 amide bonds. The average Bonchev–Trinajstić information content (AvgIpc) is 3.02. The van der Waals surface area contributed by atoms with Crippen LogP contribution in [0.15, 0.2) is 30.5 Å². The average molecular weight is 386 g/mol. The quantitative estimate of drug-likeness (QED) is 0.381. The van der Waals surface area contributed by atoms with Crippen molar-refractivity contribution in [3.05, 3.63) is 46.7 Å². The van der Waals surface area contributed by atoms with Crippen LogP contribution in [0.5, 0.6) is 0 Å². The van der Waals surface area contributed by atoms with E-state index in [9.17, 15) is 0 Å². The van der Waals surface area contributed by atoms with Gasteiger partial charge in [0, 0.05) is 28.5 Å². The van der Waals surface area contributed by atoms with Gasteiger partial charge in [0.1, 0.15) is 0 Å². The molecule has 1 aromatic heterocycles. The number of nitrogens with zero attached hydrogens (tertiary/aromatic N) is 1. The maximum Gasteiger partial charge on any atom is 0.0406 e. The van der Waals surface area contributed by atoms with Gasteiger partial charge >= 0.3 is 0 Å². The minimum atomic E-state index is 0.697. The smallest absolute Gasteiger partial charge is 0.0406 e. The minimum Gasteiger partial charge on any atom is -0.348 e. The summed E-state index contributed by atoms with van der Waals surface area (Å²) < 4.78 is 2.61. The Labute approximate surface area is 171 Å². The molecule has 1 fully saturated rings. The number of aryl methyl sites for hydroxylation is 1. The van der Waals surface area contributed by atoms with Crippen molar-refractivity contribution in [2.45, 2.75) is 96.9 Å². The first-order valence-electron chi connectivity index (χ1n) is 11.2. The molecule has 0 bridgehead atoms. The van der Waals surface area contributed by atoms with Crippen LogP contribution in [0, 0.1) is 6.92 Å². The van der Waals surface area contributed by atoms with E-state index in [1.165, 1.54) is 99.4 Å². The fourth-order valence-electron chi connectivity index (χ4n) is 4.73. The second-order valence-electron chi connectivity index (χ2n) is 8.34. The maximum atomic E-state index is 6.14. The highest BCUT2D eigenvalue weighted by Gasteiger charge is 2.21. The van der Waals surface area contributed by atoms with E-state index in [-0.39, 0.29) is 0 Å². The molecule has 1 nitrogen and oxygen atoms in total. The second-order valence-corrected chi connectivity index (χ2v) is 8.77. The molecule has 1 aromatic carbocycles. The lowest BCUT2D eigenvalue weighted by molar-refractivity contribution is 0.350. The van der Waals surface area contributed by atoms with Gasteiger partial charge in [0.15, 0.2) is 0 Å². The molecule has 1 aliphatic rings. The Morgan fingerprint density at radius 1 is 0.926 bits per heavy atom. The number of benzene rings is 1. The predicted molar refractivity (Wildman–Crippen MR) is 119 cm³/mol. The van der Waals surface area contributed by atoms with Gasteiger partial charge in [0.25, 0.3) is 0 Å². The monoisotopic (exact) mass is 385 g/mol. The van der Waals surface area contributed by atoms with Gasteiger partial charge in [0.2, 0.25) is 0 Å². The largest absolute Gasteiger partial charge is 0.348 e. The molecule has 1 saturated carbocycles. The van der Waals surface area contributed by atoms with Gasteiger partial charge in [-0.3, -0.25) is 0 Å². The first-order chi connectivity index (χ1) is 13.2. The summed E-state index contributed by atoms with van der Waals surface area (Å²) in [7, 11) is 0. The topological polar surface area (TPSA) is 4.93 Å². The molecule has 0 aliphatic heterocycles. The minimum absolute atomic E-state index is 0.697. The lowest BCUT2D eigenvalue weighted by Crippen LogP contribution is -2.13. The number of halogens is 1. The third-order valence-electron chi connectivity index (χ3n) is 6.27. The van der Waals surface area contributed by atoms with E-state index in [0.717, 1.165) is 5.02 Å². The van der Waals surface area contributed by atoms with Gasteiger partial charge < -0.3 is 4.57 Å². The molecule has 2 heteroatoms. The van der Waals surface area contributed by atoms with Crippen molar-refractivity contribution in [3.8, 4) is 11.1 Å². The number of hydrogen-bond acceptors (Lipinski definition) is 0. The second kappa shape index (κ2) is 10.4. The van der Waals surface area contributed by atoms with Crippen LogP contribution in [0.25, 0.3) is 11.1 Å². The summed E-state index contributed by atoms with van der Waals surface area (Å²) in [5.74, 6) is 0. The fourth-order valence-corrected chi connectivity index (χ4v) is 4.85. The maximum absolute atomic E-state index is 6.14. The summed E-state index contributed by atoms with van der Waals surface area (Å²) in [6.45, 7) is 4.61. The van der Waals surface area contributed by atoms with E-state index in [2.05, 4.69) is 36.7 Å². The molecule has 0 unspecified atom stereocenters. The molecule has 0 radical (unpaired) electrons. The van der Waals surface area contributed by atoms with Gasteiger partial charge in [-0.1, -0.05) is 82.0 Å². The van der Waals surface area contributed by atoms with Crippen molar-refractivity contribution in [1.82, 2.24) is 4.57 Å². The highest BCUT2D eigenvalue weighted by atomic mass is 35.5. The van der Waals surface area contributed by atoms with E-state index >= 15 is 0 Å². The van der Waals surface area contributed by atoms with Crippen molar-refractivity contribution in [3.63, 3.8) is 0 Å². The Balaban J connectivity index is 1.79. The van der Waals surface area contributed by atoms with Crippen LogP contribution in [0.2, 0.25) is 5.02 Å². The van der Waals surface area contributed by atoms with E-state index < -0.39 is 0 Å². The third-order valence-corrected chi connectivity index (χ3v) is 6.52. The van der Waals surface area contributed by atoms with Gasteiger partial charge in [-0.2, -0.15) is 0 Å². The molecular weight excluding hydrogens is 350 g/mol. The lowest BCUT2D eigenvalue weighted by Gasteiger charge is -2.25. The highest BCUT2D eigenvalue weighted by molar-refractivity contribution is 6.30. The number of unbranched alkanes of at least 4 members (excludes halogenated alkanes) is 5.